The number of hydrogen-bond acceptors (Lipinski definition) is 5. The van der Waals surface area contributed by atoms with Crippen LogP contribution in [0, 0.1) is 13.8 Å². The van der Waals surface area contributed by atoms with Gasteiger partial charge in [-0.25, -0.2) is 9.59 Å². The van der Waals surface area contributed by atoms with Gasteiger partial charge < -0.3 is 28.5 Å². The zero-order valence-corrected chi connectivity index (χ0v) is 39.7. The van der Waals surface area contributed by atoms with E-state index in [1.807, 2.05) is 140 Å². The Balaban J connectivity index is 0.000000192. The highest BCUT2D eigenvalue weighted by Gasteiger charge is 2.18. The standard InChI is InChI=1S/C27H23BrClNO3.C25H19BrClNO3/c1-3-32-27(31)20-5-4-6-23(15-20)30-18(2)7-13-25(30)24-16-21(28)10-14-26(24)33-17-19-8-11-22(29)12-9-19;1-16-5-11-23(28(16)21-4-2-3-18(13-21)25(29)30)22-14-19(26)8-12-24(22)31-15-17-6-9-20(27)10-7-17/h4-16H,3,17H2,1-2H3;2-14H,15H2,1H3,(H,29,30). The number of hydrogen-bond donors (Lipinski definition) is 1. The van der Waals surface area contributed by atoms with Crippen LogP contribution in [0.5, 0.6) is 11.5 Å². The molecule has 2 heterocycles. The van der Waals surface area contributed by atoms with Crippen LogP contribution < -0.4 is 9.47 Å². The molecular formula is C52H42Br2Cl2N2O6. The van der Waals surface area contributed by atoms with Crippen molar-refractivity contribution in [3.63, 3.8) is 0 Å². The van der Waals surface area contributed by atoms with Gasteiger partial charge in [-0.15, -0.1) is 0 Å². The van der Waals surface area contributed by atoms with Crippen molar-refractivity contribution in [1.29, 1.82) is 0 Å². The minimum atomic E-state index is -0.956. The molecule has 0 amide bonds. The average Bonchev–Trinajstić information content (AvgIpc) is 3.88. The molecule has 64 heavy (non-hydrogen) atoms. The molecule has 0 fully saturated rings. The number of carbonyl (C=O) groups is 2. The summed E-state index contributed by atoms with van der Waals surface area (Å²) in [4.78, 5) is 23.7. The van der Waals surface area contributed by atoms with Crippen molar-refractivity contribution in [1.82, 2.24) is 9.13 Å². The van der Waals surface area contributed by atoms with Crippen LogP contribution in [0.1, 0.15) is 50.2 Å². The Morgan fingerprint density at radius 3 is 1.44 bits per heavy atom. The third kappa shape index (κ3) is 11.2. The van der Waals surface area contributed by atoms with Crippen LogP contribution in [-0.4, -0.2) is 32.8 Å². The van der Waals surface area contributed by atoms with E-state index in [0.29, 0.717) is 35.4 Å². The van der Waals surface area contributed by atoms with Crippen LogP contribution in [0.15, 0.2) is 167 Å². The lowest BCUT2D eigenvalue weighted by molar-refractivity contribution is 0.0525. The van der Waals surface area contributed by atoms with E-state index in [1.165, 1.54) is 0 Å². The van der Waals surface area contributed by atoms with Gasteiger partial charge in [0.05, 0.1) is 29.1 Å². The predicted molar refractivity (Wildman–Crippen MR) is 262 cm³/mol. The molecule has 0 saturated heterocycles. The number of carboxylic acids is 1. The molecule has 12 heteroatoms. The molecule has 1 N–H and O–H groups in total. The second-order valence-corrected chi connectivity index (χ2v) is 17.3. The monoisotopic (exact) mass is 1020 g/mol. The summed E-state index contributed by atoms with van der Waals surface area (Å²) in [6.07, 6.45) is 0. The number of halogens is 4. The van der Waals surface area contributed by atoms with E-state index in [0.717, 1.165) is 76.8 Å². The van der Waals surface area contributed by atoms with Gasteiger partial charge in [-0.2, -0.15) is 0 Å². The summed E-state index contributed by atoms with van der Waals surface area (Å²) in [5.41, 5.74) is 10.2. The summed E-state index contributed by atoms with van der Waals surface area (Å²) in [6, 6.07) is 49.5. The Morgan fingerprint density at radius 1 is 0.562 bits per heavy atom. The van der Waals surface area contributed by atoms with E-state index < -0.39 is 5.97 Å². The van der Waals surface area contributed by atoms with E-state index in [4.69, 9.17) is 37.4 Å². The lowest BCUT2D eigenvalue weighted by atomic mass is 10.1. The quantitative estimate of drug-likeness (QED) is 0.116. The zero-order valence-electron chi connectivity index (χ0n) is 35.0. The molecule has 0 aliphatic heterocycles. The summed E-state index contributed by atoms with van der Waals surface area (Å²) in [7, 11) is 0. The number of aromatic nitrogens is 2. The highest BCUT2D eigenvalue weighted by Crippen LogP contribution is 2.38. The molecule has 0 atom stereocenters. The van der Waals surface area contributed by atoms with Crippen molar-refractivity contribution < 1.29 is 28.9 Å². The number of carboxylic acid groups (broad SMARTS) is 1. The average molecular weight is 1020 g/mol. The largest absolute Gasteiger partial charge is 0.488 e. The smallest absolute Gasteiger partial charge is 0.338 e. The minimum absolute atomic E-state index is 0.241. The number of aromatic carboxylic acids is 1. The van der Waals surface area contributed by atoms with E-state index in [-0.39, 0.29) is 11.5 Å². The summed E-state index contributed by atoms with van der Waals surface area (Å²) >= 11 is 19.1. The second-order valence-electron chi connectivity index (χ2n) is 14.6. The van der Waals surface area contributed by atoms with Crippen molar-refractivity contribution in [3.8, 4) is 45.4 Å². The Bertz CT molecular complexity index is 2930. The molecular weight excluding hydrogens is 979 g/mol. The molecule has 0 aliphatic rings. The molecule has 6 aromatic carbocycles. The molecule has 8 aromatic rings. The first-order valence-corrected chi connectivity index (χ1v) is 22.5. The summed E-state index contributed by atoms with van der Waals surface area (Å²) in [5, 5.41) is 10.8. The maximum absolute atomic E-state index is 12.3. The second kappa shape index (κ2) is 21.1. The summed E-state index contributed by atoms with van der Waals surface area (Å²) in [6.45, 7) is 6.98. The van der Waals surface area contributed by atoms with E-state index in [9.17, 15) is 14.7 Å². The Morgan fingerprint density at radius 2 is 1.00 bits per heavy atom. The number of rotatable bonds is 13. The predicted octanol–water partition coefficient (Wildman–Crippen LogP) is 14.8. The Kier molecular flexibility index (Phi) is 15.1. The molecule has 324 valence electrons. The van der Waals surface area contributed by atoms with Crippen molar-refractivity contribution in [3.05, 3.63) is 210 Å². The van der Waals surface area contributed by atoms with Gasteiger partial charge in [-0.3, -0.25) is 0 Å². The van der Waals surface area contributed by atoms with E-state index in [1.54, 1.807) is 31.2 Å². The molecule has 0 unspecified atom stereocenters. The van der Waals surface area contributed by atoms with Gasteiger partial charge in [0.1, 0.15) is 24.7 Å². The van der Waals surface area contributed by atoms with Crippen molar-refractivity contribution in [2.24, 2.45) is 0 Å². The number of ether oxygens (including phenoxy) is 3. The normalized spacial score (nSPS) is 10.8. The van der Waals surface area contributed by atoms with Crippen molar-refractivity contribution in [2.75, 3.05) is 6.61 Å². The lowest BCUT2D eigenvalue weighted by Gasteiger charge is -2.17. The molecule has 8 rings (SSSR count). The first kappa shape index (κ1) is 46.0. The molecule has 0 bridgehead atoms. The molecule has 0 saturated carbocycles. The zero-order chi connectivity index (χ0) is 45.3. The van der Waals surface area contributed by atoms with Crippen molar-refractivity contribution in [2.45, 2.75) is 34.0 Å². The van der Waals surface area contributed by atoms with Gasteiger partial charge in [0.25, 0.3) is 0 Å². The van der Waals surface area contributed by atoms with Gasteiger partial charge in [0.2, 0.25) is 0 Å². The molecule has 0 radical (unpaired) electrons. The molecule has 8 nitrogen and oxygen atoms in total. The van der Waals surface area contributed by atoms with Crippen LogP contribution in [0.25, 0.3) is 33.9 Å². The summed E-state index contributed by atoms with van der Waals surface area (Å²) in [5.74, 6) is 0.198. The van der Waals surface area contributed by atoms with Gasteiger partial charge in [-0.1, -0.05) is 91.5 Å². The number of benzene rings is 6. The SMILES string of the molecule is CCOC(=O)c1cccc(-n2c(C)ccc2-c2cc(Br)ccc2OCc2ccc(Cl)cc2)c1.Cc1ccc(-c2cc(Br)ccc2OCc2ccc(Cl)cc2)n1-c1cccc(C(=O)O)c1. The molecule has 0 spiro atoms. The van der Waals surface area contributed by atoms with Gasteiger partial charge in [0.15, 0.2) is 0 Å². The Hall–Kier alpha value is -6.04. The number of carbonyl (C=O) groups excluding carboxylic acids is 1. The third-order valence-electron chi connectivity index (χ3n) is 10.2. The first-order chi connectivity index (χ1) is 30.9. The number of nitrogens with zero attached hydrogens (tertiary/aromatic N) is 2. The Labute approximate surface area is 398 Å². The maximum atomic E-state index is 12.3. The van der Waals surface area contributed by atoms with Crippen LogP contribution >= 0.6 is 55.1 Å². The van der Waals surface area contributed by atoms with Crippen molar-refractivity contribution >= 4 is 67.0 Å². The molecule has 2 aromatic heterocycles. The van der Waals surface area contributed by atoms with Gasteiger partial charge in [0, 0.05) is 52.9 Å². The van der Waals surface area contributed by atoms with Gasteiger partial charge in [-0.05, 0) is 153 Å². The topological polar surface area (TPSA) is 91.9 Å². The van der Waals surface area contributed by atoms with Crippen LogP contribution in [-0.2, 0) is 18.0 Å². The fourth-order valence-electron chi connectivity index (χ4n) is 7.09. The lowest BCUT2D eigenvalue weighted by Crippen LogP contribution is -2.07. The molecule has 0 aliphatic carbocycles. The number of aryl methyl sites for hydroxylation is 2. The number of esters is 1. The van der Waals surface area contributed by atoms with Gasteiger partial charge >= 0.3 is 11.9 Å². The highest BCUT2D eigenvalue weighted by atomic mass is 79.9. The highest BCUT2D eigenvalue weighted by molar-refractivity contribution is 9.10. The van der Waals surface area contributed by atoms with E-state index in [2.05, 4.69) is 48.6 Å². The fourth-order valence-corrected chi connectivity index (χ4v) is 8.06. The van der Waals surface area contributed by atoms with Crippen LogP contribution in [0.3, 0.4) is 0 Å². The van der Waals surface area contributed by atoms with E-state index >= 15 is 0 Å². The third-order valence-corrected chi connectivity index (χ3v) is 11.7. The van der Waals surface area contributed by atoms with Crippen LogP contribution in [0.2, 0.25) is 10.0 Å². The first-order valence-electron chi connectivity index (χ1n) is 20.2. The summed E-state index contributed by atoms with van der Waals surface area (Å²) < 4.78 is 23.6. The minimum Gasteiger partial charge on any atom is -0.488 e. The maximum Gasteiger partial charge on any atom is 0.338 e. The van der Waals surface area contributed by atoms with Crippen LogP contribution in [0.4, 0.5) is 0 Å². The fraction of sp³-hybridized carbons (Fsp3) is 0.115.